The van der Waals surface area contributed by atoms with Crippen molar-refractivity contribution in [3.05, 3.63) is 53.1 Å². The van der Waals surface area contributed by atoms with Crippen LogP contribution in [0.15, 0.2) is 42.5 Å². The topological polar surface area (TPSA) is 95.8 Å². The second kappa shape index (κ2) is 5.34. The predicted molar refractivity (Wildman–Crippen MR) is 83.0 cm³/mol. The van der Waals surface area contributed by atoms with E-state index >= 15 is 0 Å². The van der Waals surface area contributed by atoms with Crippen LogP contribution in [0.25, 0.3) is 10.9 Å². The number of benzene rings is 2. The molecule has 3 aromatic rings. The van der Waals surface area contributed by atoms with Crippen molar-refractivity contribution >= 4 is 39.9 Å². The lowest BCUT2D eigenvalue weighted by Crippen LogP contribution is -2.29. The maximum absolute atomic E-state index is 12.1. The van der Waals surface area contributed by atoms with Crippen LogP contribution in [0.4, 0.5) is 11.5 Å². The first-order valence-corrected chi connectivity index (χ1v) is 6.57. The smallest absolute Gasteiger partial charge is 0.269 e. The van der Waals surface area contributed by atoms with Crippen molar-refractivity contribution in [3.63, 3.8) is 0 Å². The molecular formula is C14H12ClN5O. The number of hydrazine groups is 1. The molecule has 0 fully saturated rings. The SMILES string of the molecule is Nc1n[nH]c2ccc(C(=O)NNc3cccc(Cl)c3)cc12. The Morgan fingerprint density at radius 1 is 1.24 bits per heavy atom. The molecule has 0 atom stereocenters. The highest BCUT2D eigenvalue weighted by molar-refractivity contribution is 6.30. The third kappa shape index (κ3) is 2.75. The zero-order valence-corrected chi connectivity index (χ0v) is 11.6. The summed E-state index contributed by atoms with van der Waals surface area (Å²) in [6.45, 7) is 0. The molecule has 0 spiro atoms. The molecule has 21 heavy (non-hydrogen) atoms. The Bertz CT molecular complexity index is 814. The number of amides is 1. The van der Waals surface area contributed by atoms with Gasteiger partial charge in [0.05, 0.1) is 11.2 Å². The summed E-state index contributed by atoms with van der Waals surface area (Å²) in [5.41, 5.74) is 13.1. The van der Waals surface area contributed by atoms with Crippen LogP contribution in [0, 0.1) is 0 Å². The van der Waals surface area contributed by atoms with Gasteiger partial charge in [0.2, 0.25) is 0 Å². The van der Waals surface area contributed by atoms with Crippen molar-refractivity contribution in [2.24, 2.45) is 0 Å². The molecule has 3 rings (SSSR count). The molecule has 1 amide bonds. The number of fused-ring (bicyclic) bond motifs is 1. The lowest BCUT2D eigenvalue weighted by atomic mass is 10.1. The van der Waals surface area contributed by atoms with Crippen LogP contribution in [0.5, 0.6) is 0 Å². The van der Waals surface area contributed by atoms with Gasteiger partial charge in [0, 0.05) is 16.0 Å². The van der Waals surface area contributed by atoms with E-state index in [1.807, 2.05) is 0 Å². The van der Waals surface area contributed by atoms with E-state index in [0.29, 0.717) is 27.5 Å². The standard InChI is InChI=1S/C14H12ClN5O/c15-9-2-1-3-10(7-9)17-20-14(21)8-4-5-12-11(6-8)13(16)19-18-12/h1-7,17H,(H,20,21)(H3,16,18,19). The summed E-state index contributed by atoms with van der Waals surface area (Å²) in [6, 6.07) is 12.2. The molecule has 2 aromatic carbocycles. The molecule has 7 heteroatoms. The van der Waals surface area contributed by atoms with Gasteiger partial charge in [-0.2, -0.15) is 5.10 Å². The van der Waals surface area contributed by atoms with Crippen molar-refractivity contribution in [1.29, 1.82) is 0 Å². The number of hydrogen-bond donors (Lipinski definition) is 4. The Labute approximate surface area is 125 Å². The van der Waals surface area contributed by atoms with E-state index in [0.717, 1.165) is 5.52 Å². The monoisotopic (exact) mass is 301 g/mol. The third-order valence-corrected chi connectivity index (χ3v) is 3.23. The van der Waals surface area contributed by atoms with Gasteiger partial charge in [-0.1, -0.05) is 17.7 Å². The highest BCUT2D eigenvalue weighted by atomic mass is 35.5. The number of anilines is 2. The van der Waals surface area contributed by atoms with Crippen LogP contribution in [0.1, 0.15) is 10.4 Å². The molecule has 5 N–H and O–H groups in total. The fourth-order valence-electron chi connectivity index (χ4n) is 1.94. The van der Waals surface area contributed by atoms with Gasteiger partial charge in [-0.25, -0.2) is 0 Å². The molecule has 0 saturated heterocycles. The van der Waals surface area contributed by atoms with Crippen LogP contribution in [-0.4, -0.2) is 16.1 Å². The van der Waals surface area contributed by atoms with Crippen LogP contribution in [0.3, 0.4) is 0 Å². The number of hydrogen-bond acceptors (Lipinski definition) is 4. The summed E-state index contributed by atoms with van der Waals surface area (Å²) in [4.78, 5) is 12.1. The van der Waals surface area contributed by atoms with Crippen LogP contribution in [0.2, 0.25) is 5.02 Å². The van der Waals surface area contributed by atoms with E-state index in [9.17, 15) is 4.79 Å². The van der Waals surface area contributed by atoms with Gasteiger partial charge in [0.25, 0.3) is 5.91 Å². The van der Waals surface area contributed by atoms with Crippen molar-refractivity contribution in [2.45, 2.75) is 0 Å². The van der Waals surface area contributed by atoms with Gasteiger partial charge in [-0.3, -0.25) is 20.7 Å². The molecule has 6 nitrogen and oxygen atoms in total. The number of halogens is 1. The second-order valence-corrected chi connectivity index (χ2v) is 4.90. The van der Waals surface area contributed by atoms with Gasteiger partial charge in [0.15, 0.2) is 5.82 Å². The van der Waals surface area contributed by atoms with Crippen LogP contribution >= 0.6 is 11.6 Å². The Balaban J connectivity index is 1.76. The second-order valence-electron chi connectivity index (χ2n) is 4.46. The summed E-state index contributed by atoms with van der Waals surface area (Å²) in [5.74, 6) is 0.0833. The van der Waals surface area contributed by atoms with Gasteiger partial charge in [0.1, 0.15) is 0 Å². The maximum atomic E-state index is 12.1. The molecular weight excluding hydrogens is 290 g/mol. The number of nitrogens with zero attached hydrogens (tertiary/aromatic N) is 1. The number of carbonyl (C=O) groups excluding carboxylic acids is 1. The number of rotatable bonds is 3. The fourth-order valence-corrected chi connectivity index (χ4v) is 2.13. The number of nitrogen functional groups attached to an aromatic ring is 1. The minimum atomic E-state index is -0.280. The molecule has 1 heterocycles. The Hall–Kier alpha value is -2.73. The van der Waals surface area contributed by atoms with Gasteiger partial charge >= 0.3 is 0 Å². The van der Waals surface area contributed by atoms with E-state index in [2.05, 4.69) is 21.0 Å². The number of carbonyl (C=O) groups is 1. The zero-order valence-electron chi connectivity index (χ0n) is 10.9. The fraction of sp³-hybridized carbons (Fsp3) is 0. The molecule has 0 bridgehead atoms. The zero-order chi connectivity index (χ0) is 14.8. The Kier molecular flexibility index (Phi) is 3.37. The van der Waals surface area contributed by atoms with E-state index < -0.39 is 0 Å². The summed E-state index contributed by atoms with van der Waals surface area (Å²) < 4.78 is 0. The lowest BCUT2D eigenvalue weighted by molar-refractivity contribution is 0.0963. The maximum Gasteiger partial charge on any atom is 0.269 e. The number of aromatic amines is 1. The number of nitrogens with one attached hydrogen (secondary N) is 3. The molecule has 0 saturated carbocycles. The van der Waals surface area contributed by atoms with Gasteiger partial charge in [-0.15, -0.1) is 0 Å². The van der Waals surface area contributed by atoms with Gasteiger partial charge in [-0.05, 0) is 36.4 Å². The van der Waals surface area contributed by atoms with Crippen molar-refractivity contribution in [2.75, 3.05) is 11.2 Å². The average molecular weight is 302 g/mol. The van der Waals surface area contributed by atoms with Crippen molar-refractivity contribution in [3.8, 4) is 0 Å². The Morgan fingerprint density at radius 2 is 2.10 bits per heavy atom. The lowest BCUT2D eigenvalue weighted by Gasteiger charge is -2.08. The van der Waals surface area contributed by atoms with Crippen molar-refractivity contribution < 1.29 is 4.79 Å². The number of H-pyrrole nitrogens is 1. The summed E-state index contributed by atoms with van der Waals surface area (Å²) in [7, 11) is 0. The molecule has 0 aliphatic carbocycles. The third-order valence-electron chi connectivity index (χ3n) is 3.00. The Morgan fingerprint density at radius 3 is 2.90 bits per heavy atom. The normalized spacial score (nSPS) is 10.5. The summed E-state index contributed by atoms with van der Waals surface area (Å²) >= 11 is 5.87. The predicted octanol–water partition coefficient (Wildman–Crippen LogP) is 2.56. The highest BCUT2D eigenvalue weighted by Gasteiger charge is 2.09. The van der Waals surface area contributed by atoms with Crippen LogP contribution < -0.4 is 16.6 Å². The average Bonchev–Trinajstić information content (AvgIpc) is 2.86. The van der Waals surface area contributed by atoms with Crippen molar-refractivity contribution in [1.82, 2.24) is 15.6 Å². The van der Waals surface area contributed by atoms with E-state index in [4.69, 9.17) is 17.3 Å². The molecule has 0 unspecified atom stereocenters. The molecule has 0 aliphatic rings. The molecule has 0 radical (unpaired) electrons. The molecule has 0 aliphatic heterocycles. The number of nitrogens with two attached hydrogens (primary N) is 1. The minimum absolute atomic E-state index is 0.280. The van der Waals surface area contributed by atoms with Crippen LogP contribution in [-0.2, 0) is 0 Å². The highest BCUT2D eigenvalue weighted by Crippen LogP contribution is 2.19. The first-order valence-electron chi connectivity index (χ1n) is 6.19. The largest absolute Gasteiger partial charge is 0.382 e. The summed E-state index contributed by atoms with van der Waals surface area (Å²) in [5, 5.41) is 7.97. The van der Waals surface area contributed by atoms with Gasteiger partial charge < -0.3 is 5.73 Å². The first-order chi connectivity index (χ1) is 10.1. The quantitative estimate of drug-likeness (QED) is 0.559. The van der Waals surface area contributed by atoms with E-state index in [-0.39, 0.29) is 5.91 Å². The van der Waals surface area contributed by atoms with E-state index in [1.165, 1.54) is 0 Å². The minimum Gasteiger partial charge on any atom is -0.382 e. The van der Waals surface area contributed by atoms with E-state index in [1.54, 1.807) is 42.5 Å². The molecule has 1 aromatic heterocycles. The summed E-state index contributed by atoms with van der Waals surface area (Å²) in [6.07, 6.45) is 0. The molecule has 106 valence electrons. The number of aromatic nitrogens is 2. The first kappa shape index (κ1) is 13.3.